The molecule has 164 valence electrons. The van der Waals surface area contributed by atoms with Crippen LogP contribution in [0, 0.1) is 17.3 Å². The molecule has 3 rings (SSSR count). The van der Waals surface area contributed by atoms with Gasteiger partial charge < -0.3 is 14.4 Å². The van der Waals surface area contributed by atoms with Crippen LogP contribution in [-0.4, -0.2) is 42.3 Å². The quantitative estimate of drug-likeness (QED) is 0.485. The predicted molar refractivity (Wildman–Crippen MR) is 121 cm³/mol. The van der Waals surface area contributed by atoms with Crippen molar-refractivity contribution in [3.05, 3.63) is 35.9 Å². The average Bonchev–Trinajstić information content (AvgIpc) is 3.36. The molecule has 1 heterocycles. The topological polar surface area (TPSA) is 21.7 Å². The van der Waals surface area contributed by atoms with Crippen molar-refractivity contribution in [3.8, 4) is 0 Å². The summed E-state index contributed by atoms with van der Waals surface area (Å²) >= 11 is 0. The molecule has 0 amide bonds. The number of likely N-dealkylation sites (tertiary alicyclic amines) is 1. The van der Waals surface area contributed by atoms with Crippen LogP contribution < -0.4 is 0 Å². The number of piperidine rings is 1. The average molecular weight is 402 g/mol. The van der Waals surface area contributed by atoms with Gasteiger partial charge in [0, 0.05) is 6.04 Å². The summed E-state index contributed by atoms with van der Waals surface area (Å²) in [7, 11) is 0. The Bertz CT molecular complexity index is 619. The van der Waals surface area contributed by atoms with Gasteiger partial charge in [-0.2, -0.15) is 0 Å². The zero-order valence-corrected chi connectivity index (χ0v) is 19.6. The number of hydrogen-bond acceptors (Lipinski definition) is 3. The Hall–Kier alpha value is -0.900. The first-order valence-electron chi connectivity index (χ1n) is 11.8. The van der Waals surface area contributed by atoms with Gasteiger partial charge in [-0.25, -0.2) is 0 Å². The van der Waals surface area contributed by atoms with Gasteiger partial charge >= 0.3 is 0 Å². The Kier molecular flexibility index (Phi) is 7.46. The fraction of sp³-hybridized carbons (Fsp3) is 0.769. The first-order valence-corrected chi connectivity index (χ1v) is 11.8. The molecular formula is C26H43NO2. The number of hydrogen-bond donors (Lipinski definition) is 0. The van der Waals surface area contributed by atoms with Crippen LogP contribution in [0.3, 0.4) is 0 Å². The summed E-state index contributed by atoms with van der Waals surface area (Å²) in [4.78, 5) is 2.65. The summed E-state index contributed by atoms with van der Waals surface area (Å²) < 4.78 is 12.3. The molecule has 1 aromatic rings. The highest BCUT2D eigenvalue weighted by atomic mass is 16.5. The standard InChI is InChI=1S/C26H43NO2/c1-20(2)27-14-12-26(13-15-27)17-24(26)16-21(3)25(5,6)29-18-22(4)28-19-23-10-8-7-9-11-23/h7-11,20-22,24H,12-19H2,1-6H3. The number of ether oxygens (including phenoxy) is 2. The summed E-state index contributed by atoms with van der Waals surface area (Å²) in [6.07, 6.45) is 5.64. The Labute approximate surface area is 179 Å². The van der Waals surface area contributed by atoms with Crippen LogP contribution in [0.5, 0.6) is 0 Å². The fourth-order valence-electron chi connectivity index (χ4n) is 4.91. The van der Waals surface area contributed by atoms with Crippen molar-refractivity contribution in [1.82, 2.24) is 4.90 Å². The first-order chi connectivity index (χ1) is 13.7. The van der Waals surface area contributed by atoms with Crippen LogP contribution in [-0.2, 0) is 16.1 Å². The zero-order chi connectivity index (χ0) is 21.1. The van der Waals surface area contributed by atoms with E-state index in [0.717, 1.165) is 5.92 Å². The maximum absolute atomic E-state index is 6.36. The lowest BCUT2D eigenvalue weighted by Crippen LogP contribution is -2.40. The summed E-state index contributed by atoms with van der Waals surface area (Å²) in [5, 5.41) is 0. The van der Waals surface area contributed by atoms with Gasteiger partial charge in [-0.3, -0.25) is 0 Å². The van der Waals surface area contributed by atoms with Crippen LogP contribution in [0.1, 0.15) is 72.8 Å². The Morgan fingerprint density at radius 3 is 2.34 bits per heavy atom. The smallest absolute Gasteiger partial charge is 0.0785 e. The number of rotatable bonds is 10. The molecule has 3 heteroatoms. The minimum atomic E-state index is -0.104. The van der Waals surface area contributed by atoms with Gasteiger partial charge in [-0.15, -0.1) is 0 Å². The second-order valence-corrected chi connectivity index (χ2v) is 10.6. The van der Waals surface area contributed by atoms with Crippen molar-refractivity contribution in [2.24, 2.45) is 17.3 Å². The lowest BCUT2D eigenvalue weighted by molar-refractivity contribution is -0.104. The van der Waals surface area contributed by atoms with E-state index < -0.39 is 0 Å². The summed E-state index contributed by atoms with van der Waals surface area (Å²) in [5.41, 5.74) is 1.77. The molecule has 0 radical (unpaired) electrons. The number of benzene rings is 1. The van der Waals surface area contributed by atoms with E-state index in [0.29, 0.717) is 30.6 Å². The van der Waals surface area contributed by atoms with E-state index in [1.165, 1.54) is 44.3 Å². The van der Waals surface area contributed by atoms with E-state index in [4.69, 9.17) is 9.47 Å². The lowest BCUT2D eigenvalue weighted by atomic mass is 9.83. The van der Waals surface area contributed by atoms with Crippen molar-refractivity contribution in [1.29, 1.82) is 0 Å². The van der Waals surface area contributed by atoms with E-state index in [1.54, 1.807) is 0 Å². The monoisotopic (exact) mass is 401 g/mol. The Morgan fingerprint density at radius 1 is 1.07 bits per heavy atom. The molecule has 1 aliphatic heterocycles. The zero-order valence-electron chi connectivity index (χ0n) is 19.6. The van der Waals surface area contributed by atoms with Crippen molar-refractivity contribution in [3.63, 3.8) is 0 Å². The van der Waals surface area contributed by atoms with Gasteiger partial charge in [0.25, 0.3) is 0 Å². The molecule has 29 heavy (non-hydrogen) atoms. The molecule has 3 unspecified atom stereocenters. The van der Waals surface area contributed by atoms with Crippen LogP contribution in [0.25, 0.3) is 0 Å². The lowest BCUT2D eigenvalue weighted by Gasteiger charge is -2.37. The molecule has 0 N–H and O–H groups in total. The third kappa shape index (κ3) is 6.06. The SMILES string of the molecule is CC(COC(C)(C)C(C)CC1CC12CCN(C(C)C)CC2)OCc1ccccc1. The normalized spacial score (nSPS) is 24.0. The van der Waals surface area contributed by atoms with Crippen LogP contribution in [0.4, 0.5) is 0 Å². The second-order valence-electron chi connectivity index (χ2n) is 10.6. The molecule has 2 aliphatic rings. The maximum Gasteiger partial charge on any atom is 0.0785 e. The fourth-order valence-corrected chi connectivity index (χ4v) is 4.91. The van der Waals surface area contributed by atoms with Crippen molar-refractivity contribution >= 4 is 0 Å². The summed E-state index contributed by atoms with van der Waals surface area (Å²) in [5.74, 6) is 1.47. The van der Waals surface area contributed by atoms with E-state index >= 15 is 0 Å². The molecule has 1 aromatic carbocycles. The van der Waals surface area contributed by atoms with Gasteiger partial charge in [0.15, 0.2) is 0 Å². The minimum absolute atomic E-state index is 0.104. The summed E-state index contributed by atoms with van der Waals surface area (Å²) in [6, 6.07) is 11.1. The second kappa shape index (κ2) is 9.49. The molecule has 1 aliphatic carbocycles. The third-order valence-corrected chi connectivity index (χ3v) is 7.78. The predicted octanol–water partition coefficient (Wildman–Crippen LogP) is 5.92. The molecule has 3 nitrogen and oxygen atoms in total. The van der Waals surface area contributed by atoms with Crippen LogP contribution in [0.15, 0.2) is 30.3 Å². The first kappa shape index (κ1) is 22.8. The third-order valence-electron chi connectivity index (χ3n) is 7.78. The molecule has 1 saturated heterocycles. The van der Waals surface area contributed by atoms with Crippen molar-refractivity contribution in [2.75, 3.05) is 19.7 Å². The molecule has 0 aromatic heterocycles. The van der Waals surface area contributed by atoms with Crippen LogP contribution >= 0.6 is 0 Å². The maximum atomic E-state index is 6.36. The van der Waals surface area contributed by atoms with E-state index in [1.807, 2.05) is 6.07 Å². The van der Waals surface area contributed by atoms with E-state index in [2.05, 4.69) is 70.7 Å². The molecule has 1 saturated carbocycles. The molecule has 0 bridgehead atoms. The highest BCUT2D eigenvalue weighted by molar-refractivity contribution is 5.13. The van der Waals surface area contributed by atoms with Gasteiger partial charge in [0.1, 0.15) is 0 Å². The van der Waals surface area contributed by atoms with Crippen molar-refractivity contribution in [2.45, 2.75) is 91.6 Å². The van der Waals surface area contributed by atoms with E-state index in [9.17, 15) is 0 Å². The molecule has 3 atom stereocenters. The van der Waals surface area contributed by atoms with Crippen LogP contribution in [0.2, 0.25) is 0 Å². The summed E-state index contributed by atoms with van der Waals surface area (Å²) in [6.45, 7) is 17.6. The highest BCUT2D eigenvalue weighted by Crippen LogP contribution is 2.62. The molecule has 1 spiro atoms. The minimum Gasteiger partial charge on any atom is -0.373 e. The van der Waals surface area contributed by atoms with E-state index in [-0.39, 0.29) is 11.7 Å². The van der Waals surface area contributed by atoms with Gasteiger partial charge in [0.05, 0.1) is 24.9 Å². The Morgan fingerprint density at radius 2 is 1.72 bits per heavy atom. The Balaban J connectivity index is 1.38. The van der Waals surface area contributed by atoms with Crippen molar-refractivity contribution < 1.29 is 9.47 Å². The van der Waals surface area contributed by atoms with Gasteiger partial charge in [-0.05, 0) is 96.2 Å². The molecule has 2 fully saturated rings. The van der Waals surface area contributed by atoms with Gasteiger partial charge in [-0.1, -0.05) is 37.3 Å². The highest BCUT2D eigenvalue weighted by Gasteiger charge is 2.55. The largest absolute Gasteiger partial charge is 0.373 e. The number of nitrogens with zero attached hydrogens (tertiary/aromatic N) is 1. The van der Waals surface area contributed by atoms with Gasteiger partial charge in [0.2, 0.25) is 0 Å². The molecular weight excluding hydrogens is 358 g/mol.